The molecule has 0 aliphatic heterocycles. The number of carbonyl (C=O) groups excluding carboxylic acids is 2. The number of anilines is 1. The van der Waals surface area contributed by atoms with E-state index in [-0.39, 0.29) is 48.5 Å². The van der Waals surface area contributed by atoms with Gasteiger partial charge in [0.1, 0.15) is 6.04 Å². The molecule has 11 heteroatoms. The van der Waals surface area contributed by atoms with E-state index in [1.165, 1.54) is 24.1 Å². The predicted molar refractivity (Wildman–Crippen MR) is 136 cm³/mol. The van der Waals surface area contributed by atoms with Crippen molar-refractivity contribution >= 4 is 66.7 Å². The maximum atomic E-state index is 13.1. The molecule has 0 aromatic heterocycles. The number of hydrogen-bond donors (Lipinski definition) is 1. The quantitative estimate of drug-likeness (QED) is 0.451. The summed E-state index contributed by atoms with van der Waals surface area (Å²) in [5.41, 5.74) is 1.11. The van der Waals surface area contributed by atoms with Gasteiger partial charge in [-0.1, -0.05) is 51.3 Å². The Hall–Kier alpha value is -1.81. The standard InChI is InChI=1S/C22H26BrCl2N3O4S/c1-15(22(30)26-2)27(14-16-6-4-7-17(23)12-16)21(29)8-5-11-28(33(3,31)32)20-13-18(24)9-10-19(20)25/h4,6-7,9-10,12-13,15H,5,8,11,14H2,1-3H3,(H,26,30)/t15-/m1/s1. The van der Waals surface area contributed by atoms with Crippen molar-refractivity contribution in [3.8, 4) is 0 Å². The molecule has 0 aliphatic carbocycles. The lowest BCUT2D eigenvalue weighted by Gasteiger charge is -2.29. The zero-order valence-corrected chi connectivity index (χ0v) is 22.4. The van der Waals surface area contributed by atoms with E-state index in [0.29, 0.717) is 5.02 Å². The monoisotopic (exact) mass is 577 g/mol. The van der Waals surface area contributed by atoms with Gasteiger partial charge in [0.2, 0.25) is 21.8 Å². The molecular weight excluding hydrogens is 553 g/mol. The lowest BCUT2D eigenvalue weighted by Crippen LogP contribution is -2.46. The highest BCUT2D eigenvalue weighted by atomic mass is 79.9. The van der Waals surface area contributed by atoms with Gasteiger partial charge in [0, 0.05) is 36.1 Å². The Kier molecular flexibility index (Phi) is 10.0. The van der Waals surface area contributed by atoms with Gasteiger partial charge in [-0.25, -0.2) is 8.42 Å². The van der Waals surface area contributed by atoms with Gasteiger partial charge in [0.05, 0.1) is 17.0 Å². The summed E-state index contributed by atoms with van der Waals surface area (Å²) in [6.45, 7) is 1.93. The number of sulfonamides is 1. The molecule has 0 heterocycles. The molecule has 0 fully saturated rings. The predicted octanol–water partition coefficient (Wildman–Crippen LogP) is 4.47. The van der Waals surface area contributed by atoms with E-state index < -0.39 is 16.1 Å². The first kappa shape index (κ1) is 27.4. The molecule has 0 aliphatic rings. The van der Waals surface area contributed by atoms with Gasteiger partial charge < -0.3 is 10.2 Å². The van der Waals surface area contributed by atoms with Gasteiger partial charge in [-0.05, 0) is 49.2 Å². The van der Waals surface area contributed by atoms with Gasteiger partial charge >= 0.3 is 0 Å². The molecule has 0 saturated carbocycles. The number of hydrogen-bond acceptors (Lipinski definition) is 4. The Bertz CT molecular complexity index is 1110. The number of benzene rings is 2. The summed E-state index contributed by atoms with van der Waals surface area (Å²) in [4.78, 5) is 26.8. The van der Waals surface area contributed by atoms with Crippen molar-refractivity contribution in [2.45, 2.75) is 32.4 Å². The van der Waals surface area contributed by atoms with E-state index in [4.69, 9.17) is 23.2 Å². The number of nitrogens with one attached hydrogen (secondary N) is 1. The fourth-order valence-corrected chi connectivity index (χ4v) is 5.13. The Morgan fingerprint density at radius 1 is 1.15 bits per heavy atom. The van der Waals surface area contributed by atoms with Crippen molar-refractivity contribution in [1.82, 2.24) is 10.2 Å². The summed E-state index contributed by atoms with van der Waals surface area (Å²) in [6.07, 6.45) is 1.34. The highest BCUT2D eigenvalue weighted by Crippen LogP contribution is 2.31. The third-order valence-corrected chi connectivity index (χ3v) is 7.21. The lowest BCUT2D eigenvalue weighted by atomic mass is 10.1. The van der Waals surface area contributed by atoms with Crippen molar-refractivity contribution in [2.24, 2.45) is 0 Å². The second-order valence-electron chi connectivity index (χ2n) is 7.48. The molecule has 2 aromatic carbocycles. The highest BCUT2D eigenvalue weighted by Gasteiger charge is 2.26. The first-order valence-electron chi connectivity index (χ1n) is 10.1. The van der Waals surface area contributed by atoms with E-state index in [2.05, 4.69) is 21.2 Å². The molecule has 1 N–H and O–H groups in total. The second-order valence-corrected chi connectivity index (χ2v) is 11.1. The third kappa shape index (κ3) is 7.88. The maximum absolute atomic E-state index is 13.1. The molecule has 0 bridgehead atoms. The van der Waals surface area contributed by atoms with Crippen LogP contribution in [0.3, 0.4) is 0 Å². The minimum absolute atomic E-state index is 0.0315. The van der Waals surface area contributed by atoms with Crippen molar-refractivity contribution < 1.29 is 18.0 Å². The lowest BCUT2D eigenvalue weighted by molar-refractivity contribution is -0.140. The smallest absolute Gasteiger partial charge is 0.242 e. The average Bonchev–Trinajstić information content (AvgIpc) is 2.75. The number of rotatable bonds is 10. The van der Waals surface area contributed by atoms with Crippen LogP contribution in [0.2, 0.25) is 10.0 Å². The van der Waals surface area contributed by atoms with Crippen LogP contribution < -0.4 is 9.62 Å². The number of nitrogens with zero attached hydrogens (tertiary/aromatic N) is 2. The molecule has 180 valence electrons. The second kappa shape index (κ2) is 12.1. The van der Waals surface area contributed by atoms with E-state index in [1.54, 1.807) is 13.0 Å². The Labute approximate surface area is 213 Å². The van der Waals surface area contributed by atoms with Crippen LogP contribution in [0.4, 0.5) is 5.69 Å². The number of likely N-dealkylation sites (N-methyl/N-ethyl adjacent to an activating group) is 1. The Morgan fingerprint density at radius 3 is 2.45 bits per heavy atom. The van der Waals surface area contributed by atoms with E-state index in [9.17, 15) is 18.0 Å². The summed E-state index contributed by atoms with van der Waals surface area (Å²) in [5.74, 6) is -0.557. The fraction of sp³-hybridized carbons (Fsp3) is 0.364. The van der Waals surface area contributed by atoms with Gasteiger partial charge in [0.25, 0.3) is 0 Å². The first-order chi connectivity index (χ1) is 15.4. The minimum atomic E-state index is -3.67. The third-order valence-electron chi connectivity index (χ3n) is 4.98. The van der Waals surface area contributed by atoms with Crippen molar-refractivity contribution in [1.29, 1.82) is 0 Å². The van der Waals surface area contributed by atoms with Crippen molar-refractivity contribution in [2.75, 3.05) is 24.2 Å². The summed E-state index contributed by atoms with van der Waals surface area (Å²) in [5, 5.41) is 3.15. The van der Waals surface area contributed by atoms with Crippen LogP contribution in [-0.2, 0) is 26.2 Å². The van der Waals surface area contributed by atoms with Crippen LogP contribution in [0.5, 0.6) is 0 Å². The normalized spacial score (nSPS) is 12.2. The maximum Gasteiger partial charge on any atom is 0.242 e. The van der Waals surface area contributed by atoms with Gasteiger partial charge in [0.15, 0.2) is 0 Å². The Morgan fingerprint density at radius 2 is 1.85 bits per heavy atom. The van der Waals surface area contributed by atoms with Gasteiger partial charge in [-0.15, -0.1) is 0 Å². The van der Waals surface area contributed by atoms with Crippen molar-refractivity contribution in [3.05, 3.63) is 62.5 Å². The van der Waals surface area contributed by atoms with E-state index >= 15 is 0 Å². The van der Waals surface area contributed by atoms with Crippen LogP contribution in [0, 0.1) is 0 Å². The molecular formula is C22H26BrCl2N3O4S. The molecule has 0 saturated heterocycles. The largest absolute Gasteiger partial charge is 0.357 e. The zero-order chi connectivity index (χ0) is 24.8. The number of carbonyl (C=O) groups is 2. The summed E-state index contributed by atoms with van der Waals surface area (Å²) in [6, 6.07) is 11.3. The molecule has 1 atom stereocenters. The Balaban J connectivity index is 2.18. The summed E-state index contributed by atoms with van der Waals surface area (Å²) in [7, 11) is -2.15. The zero-order valence-electron chi connectivity index (χ0n) is 18.5. The van der Waals surface area contributed by atoms with E-state index in [1.807, 2.05) is 24.3 Å². The minimum Gasteiger partial charge on any atom is -0.357 e. The SMILES string of the molecule is CNC(=O)[C@@H](C)N(Cc1cccc(Br)c1)C(=O)CCCN(c1cc(Cl)ccc1Cl)S(C)(=O)=O. The van der Waals surface area contributed by atoms with Gasteiger partial charge in [-0.2, -0.15) is 0 Å². The number of halogens is 3. The van der Waals surface area contributed by atoms with Crippen LogP contribution in [-0.4, -0.2) is 51.0 Å². The first-order valence-corrected chi connectivity index (χ1v) is 13.5. The summed E-state index contributed by atoms with van der Waals surface area (Å²) < 4.78 is 26.8. The molecule has 0 radical (unpaired) electrons. The summed E-state index contributed by atoms with van der Waals surface area (Å²) >= 11 is 15.6. The molecule has 0 spiro atoms. The fourth-order valence-electron chi connectivity index (χ4n) is 3.28. The van der Waals surface area contributed by atoms with Crippen LogP contribution >= 0.6 is 39.1 Å². The van der Waals surface area contributed by atoms with Gasteiger partial charge in [-0.3, -0.25) is 13.9 Å². The van der Waals surface area contributed by atoms with Crippen LogP contribution in [0.1, 0.15) is 25.3 Å². The van der Waals surface area contributed by atoms with Crippen LogP contribution in [0.15, 0.2) is 46.9 Å². The molecule has 2 amide bonds. The molecule has 33 heavy (non-hydrogen) atoms. The molecule has 0 unspecified atom stereocenters. The van der Waals surface area contributed by atoms with E-state index in [0.717, 1.165) is 20.6 Å². The topological polar surface area (TPSA) is 86.8 Å². The average molecular weight is 579 g/mol. The number of amides is 2. The highest BCUT2D eigenvalue weighted by molar-refractivity contribution is 9.10. The molecule has 2 aromatic rings. The van der Waals surface area contributed by atoms with Crippen LogP contribution in [0.25, 0.3) is 0 Å². The molecule has 2 rings (SSSR count). The van der Waals surface area contributed by atoms with Crippen molar-refractivity contribution in [3.63, 3.8) is 0 Å². The molecule has 7 nitrogen and oxygen atoms in total.